The van der Waals surface area contributed by atoms with Gasteiger partial charge in [0, 0.05) is 23.5 Å². The first-order chi connectivity index (χ1) is 5.38. The van der Waals surface area contributed by atoms with Gasteiger partial charge in [-0.1, -0.05) is 18.1 Å². The molecule has 0 bridgehead atoms. The Balaban J connectivity index is 3.15. The Morgan fingerprint density at radius 1 is 1.64 bits per heavy atom. The average Bonchev–Trinajstić information content (AvgIpc) is 2.06. The summed E-state index contributed by atoms with van der Waals surface area (Å²) in [6, 6.07) is 1.83. The lowest BCUT2D eigenvalue weighted by atomic mass is 10.1. The van der Waals surface area contributed by atoms with Crippen molar-refractivity contribution in [2.75, 3.05) is 0 Å². The third kappa shape index (κ3) is 1.68. The highest BCUT2D eigenvalue weighted by Crippen LogP contribution is 2.06. The number of aromatic nitrogens is 1. The maximum absolute atomic E-state index is 5.27. The fourth-order valence-corrected chi connectivity index (χ4v) is 0.850. The van der Waals surface area contributed by atoms with Crippen LogP contribution >= 0.6 is 0 Å². The third-order valence-electron chi connectivity index (χ3n) is 1.35. The van der Waals surface area contributed by atoms with Gasteiger partial charge in [-0.2, -0.15) is 0 Å². The Hall–Kier alpha value is -1.55. The van der Waals surface area contributed by atoms with Crippen LogP contribution in [0, 0.1) is 12.3 Å². The van der Waals surface area contributed by atoms with Crippen LogP contribution in [0.2, 0.25) is 0 Å². The quantitative estimate of drug-likeness (QED) is 0.548. The highest BCUT2D eigenvalue weighted by Gasteiger charge is 1.92. The Labute approximate surface area is 66.8 Å². The van der Waals surface area contributed by atoms with Gasteiger partial charge in [-0.15, -0.1) is 6.42 Å². The van der Waals surface area contributed by atoms with Crippen molar-refractivity contribution >= 4 is 6.08 Å². The van der Waals surface area contributed by atoms with Crippen LogP contribution in [-0.2, 0) is 0 Å². The SMILES string of the molecule is C#Cc1ccncc1/C=C\C. The predicted molar refractivity (Wildman–Crippen MR) is 46.9 cm³/mol. The lowest BCUT2D eigenvalue weighted by Crippen LogP contribution is -1.82. The van der Waals surface area contributed by atoms with Crippen molar-refractivity contribution in [3.8, 4) is 12.3 Å². The van der Waals surface area contributed by atoms with E-state index in [9.17, 15) is 0 Å². The molecule has 0 atom stereocenters. The van der Waals surface area contributed by atoms with Crippen LogP contribution in [0.15, 0.2) is 24.5 Å². The molecule has 0 aliphatic heterocycles. The molecule has 1 nitrogen and oxygen atoms in total. The fraction of sp³-hybridized carbons (Fsp3) is 0.100. The van der Waals surface area contributed by atoms with Gasteiger partial charge in [0.15, 0.2) is 0 Å². The van der Waals surface area contributed by atoms with Crippen LogP contribution in [0.1, 0.15) is 18.1 Å². The molecule has 54 valence electrons. The second-order valence-electron chi connectivity index (χ2n) is 2.11. The van der Waals surface area contributed by atoms with Gasteiger partial charge in [-0.3, -0.25) is 4.98 Å². The molecule has 0 amide bonds. The number of terminal acetylenes is 1. The predicted octanol–water partition coefficient (Wildman–Crippen LogP) is 2.10. The number of pyridine rings is 1. The molecule has 1 heteroatoms. The Bertz CT molecular complexity index is 305. The molecule has 1 rings (SSSR count). The van der Waals surface area contributed by atoms with Gasteiger partial charge < -0.3 is 0 Å². The number of allylic oxidation sites excluding steroid dienone is 1. The Morgan fingerprint density at radius 3 is 3.09 bits per heavy atom. The summed E-state index contributed by atoms with van der Waals surface area (Å²) in [5, 5.41) is 0. The van der Waals surface area contributed by atoms with E-state index in [0.29, 0.717) is 0 Å². The second-order valence-corrected chi connectivity index (χ2v) is 2.11. The fourth-order valence-electron chi connectivity index (χ4n) is 0.850. The minimum Gasteiger partial charge on any atom is -0.264 e. The first-order valence-electron chi connectivity index (χ1n) is 3.42. The highest BCUT2D eigenvalue weighted by molar-refractivity contribution is 5.56. The van der Waals surface area contributed by atoms with Gasteiger partial charge in [0.1, 0.15) is 0 Å². The van der Waals surface area contributed by atoms with Crippen molar-refractivity contribution < 1.29 is 0 Å². The lowest BCUT2D eigenvalue weighted by molar-refractivity contribution is 1.30. The van der Waals surface area contributed by atoms with Crippen molar-refractivity contribution in [3.05, 3.63) is 35.7 Å². The summed E-state index contributed by atoms with van der Waals surface area (Å²) < 4.78 is 0. The second kappa shape index (κ2) is 3.58. The zero-order valence-electron chi connectivity index (χ0n) is 6.41. The number of hydrogen-bond donors (Lipinski definition) is 0. The smallest absolute Gasteiger partial charge is 0.0352 e. The average molecular weight is 143 g/mol. The molecule has 11 heavy (non-hydrogen) atoms. The van der Waals surface area contributed by atoms with Gasteiger partial charge in [0.2, 0.25) is 0 Å². The van der Waals surface area contributed by atoms with E-state index >= 15 is 0 Å². The summed E-state index contributed by atoms with van der Waals surface area (Å²) in [6.45, 7) is 1.95. The zero-order valence-corrected chi connectivity index (χ0v) is 6.41. The van der Waals surface area contributed by atoms with Crippen molar-refractivity contribution in [2.24, 2.45) is 0 Å². The normalized spacial score (nSPS) is 9.82. The van der Waals surface area contributed by atoms with E-state index in [2.05, 4.69) is 10.9 Å². The minimum absolute atomic E-state index is 0.887. The maximum Gasteiger partial charge on any atom is 0.0352 e. The van der Waals surface area contributed by atoms with Crippen LogP contribution in [0.25, 0.3) is 6.08 Å². The van der Waals surface area contributed by atoms with Gasteiger partial charge in [-0.25, -0.2) is 0 Å². The third-order valence-corrected chi connectivity index (χ3v) is 1.35. The summed E-state index contributed by atoms with van der Waals surface area (Å²) in [5.74, 6) is 2.59. The molecule has 0 fully saturated rings. The molecule has 0 radical (unpaired) electrons. The Morgan fingerprint density at radius 2 is 2.45 bits per heavy atom. The molecule has 1 aromatic heterocycles. The molecule has 1 heterocycles. The maximum atomic E-state index is 5.27. The first-order valence-corrected chi connectivity index (χ1v) is 3.42. The van der Waals surface area contributed by atoms with E-state index in [0.717, 1.165) is 11.1 Å². The van der Waals surface area contributed by atoms with E-state index in [4.69, 9.17) is 6.42 Å². The monoisotopic (exact) mass is 143 g/mol. The van der Waals surface area contributed by atoms with Crippen molar-refractivity contribution in [1.82, 2.24) is 4.98 Å². The molecule has 0 N–H and O–H groups in total. The molecule has 0 saturated heterocycles. The molecule has 0 spiro atoms. The van der Waals surface area contributed by atoms with E-state index in [-0.39, 0.29) is 0 Å². The molecular formula is C10H9N. The number of hydrogen-bond acceptors (Lipinski definition) is 1. The van der Waals surface area contributed by atoms with E-state index < -0.39 is 0 Å². The van der Waals surface area contributed by atoms with Crippen LogP contribution in [0.5, 0.6) is 0 Å². The molecular weight excluding hydrogens is 134 g/mol. The van der Waals surface area contributed by atoms with Crippen LogP contribution < -0.4 is 0 Å². The van der Waals surface area contributed by atoms with E-state index in [1.807, 2.05) is 25.1 Å². The topological polar surface area (TPSA) is 12.9 Å². The minimum atomic E-state index is 0.887. The standard InChI is InChI=1S/C10H9N/c1-3-5-10-8-11-7-6-9(10)4-2/h2-3,5-8H,1H3/b5-3-. The molecule has 0 aliphatic carbocycles. The van der Waals surface area contributed by atoms with Crippen LogP contribution in [0.4, 0.5) is 0 Å². The summed E-state index contributed by atoms with van der Waals surface area (Å²) in [7, 11) is 0. The van der Waals surface area contributed by atoms with Crippen LogP contribution in [0.3, 0.4) is 0 Å². The molecule has 0 aromatic carbocycles. The largest absolute Gasteiger partial charge is 0.264 e. The summed E-state index contributed by atoms with van der Waals surface area (Å²) in [5.41, 5.74) is 1.88. The number of nitrogens with zero attached hydrogens (tertiary/aromatic N) is 1. The highest BCUT2D eigenvalue weighted by atomic mass is 14.6. The van der Waals surface area contributed by atoms with Gasteiger partial charge in [-0.05, 0) is 13.0 Å². The van der Waals surface area contributed by atoms with E-state index in [1.165, 1.54) is 0 Å². The molecule has 0 aliphatic rings. The molecule has 0 unspecified atom stereocenters. The first kappa shape index (κ1) is 7.56. The van der Waals surface area contributed by atoms with Gasteiger partial charge in [0.25, 0.3) is 0 Å². The molecule has 0 saturated carbocycles. The number of rotatable bonds is 1. The van der Waals surface area contributed by atoms with Gasteiger partial charge >= 0.3 is 0 Å². The zero-order chi connectivity index (χ0) is 8.10. The van der Waals surface area contributed by atoms with Crippen LogP contribution in [-0.4, -0.2) is 4.98 Å². The summed E-state index contributed by atoms with van der Waals surface area (Å²) >= 11 is 0. The van der Waals surface area contributed by atoms with Gasteiger partial charge in [0.05, 0.1) is 0 Å². The van der Waals surface area contributed by atoms with Crippen molar-refractivity contribution in [1.29, 1.82) is 0 Å². The Kier molecular flexibility index (Phi) is 2.46. The van der Waals surface area contributed by atoms with Crippen molar-refractivity contribution in [2.45, 2.75) is 6.92 Å². The van der Waals surface area contributed by atoms with E-state index in [1.54, 1.807) is 12.4 Å². The van der Waals surface area contributed by atoms with Crippen molar-refractivity contribution in [3.63, 3.8) is 0 Å². The summed E-state index contributed by atoms with van der Waals surface area (Å²) in [4.78, 5) is 3.97. The molecule has 1 aromatic rings. The lowest BCUT2D eigenvalue weighted by Gasteiger charge is -1.94. The summed E-state index contributed by atoms with van der Waals surface area (Å²) in [6.07, 6.45) is 12.6.